The van der Waals surface area contributed by atoms with E-state index < -0.39 is 0 Å². The van der Waals surface area contributed by atoms with Gasteiger partial charge in [0.15, 0.2) is 0 Å². The molecule has 1 aliphatic carbocycles. The molecule has 0 bridgehead atoms. The van der Waals surface area contributed by atoms with Gasteiger partial charge in [-0.3, -0.25) is 0 Å². The Morgan fingerprint density at radius 1 is 0.400 bits per heavy atom. The van der Waals surface area contributed by atoms with E-state index in [0.717, 1.165) is 35.5 Å². The van der Waals surface area contributed by atoms with Gasteiger partial charge in [0, 0.05) is 0 Å². The van der Waals surface area contributed by atoms with Gasteiger partial charge in [0.2, 0.25) is 0 Å². The quantitative estimate of drug-likeness (QED) is 0.217. The Kier molecular flexibility index (Phi) is 102. The average molecular weight is 864 g/mol. The van der Waals surface area contributed by atoms with E-state index in [2.05, 4.69) is 222 Å². The van der Waals surface area contributed by atoms with Crippen LogP contribution in [0, 0.1) is 51.8 Å². The first-order valence-corrected chi connectivity index (χ1v) is 27.2. The molecule has 0 nitrogen and oxygen atoms in total. The molecular formula is C60H142. The molecule has 0 aromatic carbocycles. The molecule has 60 heavy (non-hydrogen) atoms. The third kappa shape index (κ3) is 240. The summed E-state index contributed by atoms with van der Waals surface area (Å²) in [5.74, 6) is 5.55. The summed E-state index contributed by atoms with van der Waals surface area (Å²) in [6.07, 6.45) is 23.1. The van der Waals surface area contributed by atoms with Crippen molar-refractivity contribution in [2.45, 2.75) is 345 Å². The van der Waals surface area contributed by atoms with Crippen molar-refractivity contribution in [3.8, 4) is 0 Å². The summed E-state index contributed by atoms with van der Waals surface area (Å²) < 4.78 is 0. The fraction of sp³-hybridized carbons (Fsp3) is 1.00. The van der Waals surface area contributed by atoms with Crippen LogP contribution in [-0.2, 0) is 0 Å². The number of rotatable bonds is 9. The van der Waals surface area contributed by atoms with Gasteiger partial charge >= 0.3 is 0 Å². The van der Waals surface area contributed by atoms with Gasteiger partial charge in [0.25, 0.3) is 0 Å². The third-order valence-corrected chi connectivity index (χ3v) is 8.82. The molecule has 1 saturated carbocycles. The molecule has 0 aromatic rings. The summed E-state index contributed by atoms with van der Waals surface area (Å²) in [4.78, 5) is 0. The maximum Gasteiger partial charge on any atom is -0.0385 e. The molecule has 0 saturated heterocycles. The Hall–Kier alpha value is 0. The molecule has 0 amide bonds. The zero-order valence-electron chi connectivity index (χ0n) is 51.0. The van der Waals surface area contributed by atoms with Crippen LogP contribution in [-0.4, -0.2) is 0 Å². The van der Waals surface area contributed by atoms with Crippen LogP contribution in [0.25, 0.3) is 0 Å². The van der Waals surface area contributed by atoms with Crippen molar-refractivity contribution in [3.05, 3.63) is 0 Å². The second-order valence-electron chi connectivity index (χ2n) is 22.9. The summed E-state index contributed by atoms with van der Waals surface area (Å²) in [5, 5.41) is 0. The van der Waals surface area contributed by atoms with E-state index in [-0.39, 0.29) is 0 Å². The predicted molar refractivity (Wildman–Crippen MR) is 300 cm³/mol. The standard InChI is InChI=1S/C7H16.C6H12.4C6H14.2C5H12.2C4H10.C3H8.C2H6/c1-4-6-7(3)5-2;1-6-4-2-3-5-6;2*1-5-6(2,3)4;1-4-5-6(2)3;1-4-6(3)5-2;1-5(2,3)4;1-4-5(2)3;1-4(2)3;1-3-4-2;1-3-2;1-2/h7H,4-6H2,1-3H3;6H,2-5H2,1H3;2*5H2,1-4H3;2*6H,4-5H2,1-3H3;1-4H3;5H,4H2,1-3H3;4H,1-3H3;3-4H2,1-2H3;3H2,1-2H3;1-2H3/t7-;;;;;;;;;;;/m1.........../s1. The van der Waals surface area contributed by atoms with Crippen LogP contribution in [0.15, 0.2) is 0 Å². The minimum absolute atomic E-state index is 0.500. The Balaban J connectivity index is -0.0000000490. The van der Waals surface area contributed by atoms with Gasteiger partial charge in [0.05, 0.1) is 0 Å². The molecular weight excluding hydrogens is 721 g/mol. The summed E-state index contributed by atoms with van der Waals surface area (Å²) in [5.41, 5.74) is 1.58. The van der Waals surface area contributed by atoms with Crippen molar-refractivity contribution >= 4 is 0 Å². The SMILES string of the molecule is CC.CC(C)(C)C.CC(C)C.CC1CCCC1.CCC.CCC(C)(C)C.CCC(C)(C)C.CCC(C)C.CCC(C)CC.CCCC.CCCC(C)C.CCC[C@H](C)CC. The second kappa shape index (κ2) is 70.7. The van der Waals surface area contributed by atoms with Gasteiger partial charge < -0.3 is 0 Å². The lowest BCUT2D eigenvalue weighted by atomic mass is 9.94. The van der Waals surface area contributed by atoms with E-state index in [1.165, 1.54) is 109 Å². The normalized spacial score (nSPS) is 11.9. The average Bonchev–Trinajstić information content (AvgIpc) is 3.63. The zero-order valence-corrected chi connectivity index (χ0v) is 51.0. The summed E-state index contributed by atoms with van der Waals surface area (Å²) in [6.45, 7) is 75.0. The first kappa shape index (κ1) is 87.0. The number of hydrogen-bond donors (Lipinski definition) is 0. The third-order valence-electron chi connectivity index (χ3n) is 8.82. The van der Waals surface area contributed by atoms with Gasteiger partial charge in [0.1, 0.15) is 0 Å². The molecule has 0 heterocycles. The van der Waals surface area contributed by atoms with Crippen molar-refractivity contribution in [2.24, 2.45) is 51.8 Å². The van der Waals surface area contributed by atoms with Crippen LogP contribution < -0.4 is 0 Å². The molecule has 1 aliphatic rings. The van der Waals surface area contributed by atoms with Crippen LogP contribution >= 0.6 is 0 Å². The molecule has 382 valence electrons. The topological polar surface area (TPSA) is 0 Å². The first-order chi connectivity index (χ1) is 27.2. The van der Waals surface area contributed by atoms with Crippen molar-refractivity contribution in [3.63, 3.8) is 0 Å². The van der Waals surface area contributed by atoms with E-state index >= 15 is 0 Å². The number of unbranched alkanes of at least 4 members (excludes halogenated alkanes) is 1. The largest absolute Gasteiger partial charge is 0.0683 e. The highest BCUT2D eigenvalue weighted by Gasteiger charge is 2.07. The Morgan fingerprint density at radius 3 is 0.650 bits per heavy atom. The Bertz CT molecular complexity index is 538. The second-order valence-corrected chi connectivity index (χ2v) is 22.9. The van der Waals surface area contributed by atoms with E-state index in [9.17, 15) is 0 Å². The molecule has 0 spiro atoms. The van der Waals surface area contributed by atoms with E-state index in [4.69, 9.17) is 0 Å². The van der Waals surface area contributed by atoms with Gasteiger partial charge in [-0.25, -0.2) is 0 Å². The van der Waals surface area contributed by atoms with Crippen LogP contribution in [0.3, 0.4) is 0 Å². The minimum atomic E-state index is 0.500. The summed E-state index contributed by atoms with van der Waals surface area (Å²) in [6, 6.07) is 0. The van der Waals surface area contributed by atoms with Crippen molar-refractivity contribution < 1.29 is 0 Å². The van der Waals surface area contributed by atoms with E-state index in [1.54, 1.807) is 0 Å². The summed E-state index contributed by atoms with van der Waals surface area (Å²) >= 11 is 0. The van der Waals surface area contributed by atoms with Crippen LogP contribution in [0.5, 0.6) is 0 Å². The van der Waals surface area contributed by atoms with Crippen molar-refractivity contribution in [1.29, 1.82) is 0 Å². The predicted octanol–water partition coefficient (Wildman–Crippen LogP) is 24.8. The number of hydrogen-bond acceptors (Lipinski definition) is 0. The highest BCUT2D eigenvalue weighted by Crippen LogP contribution is 2.23. The molecule has 0 aliphatic heterocycles. The van der Waals surface area contributed by atoms with E-state index in [0.29, 0.717) is 16.2 Å². The minimum Gasteiger partial charge on any atom is -0.0683 e. The molecule has 1 atom stereocenters. The van der Waals surface area contributed by atoms with Crippen molar-refractivity contribution in [1.82, 2.24) is 0 Å². The molecule has 0 radical (unpaired) electrons. The molecule has 0 unspecified atom stereocenters. The van der Waals surface area contributed by atoms with Gasteiger partial charge in [-0.1, -0.05) is 345 Å². The van der Waals surface area contributed by atoms with Crippen LogP contribution in [0.1, 0.15) is 345 Å². The highest BCUT2D eigenvalue weighted by atomic mass is 14.1. The fourth-order valence-corrected chi connectivity index (χ4v) is 2.69. The van der Waals surface area contributed by atoms with Crippen molar-refractivity contribution in [2.75, 3.05) is 0 Å². The monoisotopic (exact) mass is 863 g/mol. The molecule has 0 heteroatoms. The Morgan fingerprint density at radius 2 is 0.617 bits per heavy atom. The maximum atomic E-state index is 2.34. The molecule has 0 N–H and O–H groups in total. The lowest BCUT2D eigenvalue weighted by Crippen LogP contribution is -2.00. The molecule has 1 fully saturated rings. The first-order valence-electron chi connectivity index (χ1n) is 27.2. The van der Waals surface area contributed by atoms with Gasteiger partial charge in [-0.2, -0.15) is 0 Å². The smallest absolute Gasteiger partial charge is 0.0385 e. The zero-order chi connectivity index (χ0) is 51.0. The fourth-order valence-electron chi connectivity index (χ4n) is 2.69. The van der Waals surface area contributed by atoms with Gasteiger partial charge in [-0.15, -0.1) is 0 Å². The Labute approximate surface area is 394 Å². The van der Waals surface area contributed by atoms with Gasteiger partial charge in [-0.05, 0) is 51.8 Å². The van der Waals surface area contributed by atoms with E-state index in [1.807, 2.05) is 13.8 Å². The van der Waals surface area contributed by atoms with Crippen LogP contribution in [0.4, 0.5) is 0 Å². The summed E-state index contributed by atoms with van der Waals surface area (Å²) in [7, 11) is 0. The lowest BCUT2D eigenvalue weighted by molar-refractivity contribution is 0.397. The molecule has 0 aromatic heterocycles. The highest BCUT2D eigenvalue weighted by molar-refractivity contribution is 4.60. The van der Waals surface area contributed by atoms with Crippen LogP contribution in [0.2, 0.25) is 0 Å². The maximum absolute atomic E-state index is 2.34. The molecule has 1 rings (SSSR count). The lowest BCUT2D eigenvalue weighted by Gasteiger charge is -2.12.